The first-order valence-corrected chi connectivity index (χ1v) is 9.72. The molecule has 0 unspecified atom stereocenters. The van der Waals surface area contributed by atoms with Crippen LogP contribution in [0.1, 0.15) is 0 Å². The molecule has 2 heterocycles. The number of aldehydes is 1. The van der Waals surface area contributed by atoms with Gasteiger partial charge in [-0.05, 0) is 12.1 Å². The van der Waals surface area contributed by atoms with Crippen LogP contribution in [0.4, 0.5) is 0 Å². The fraction of sp³-hybridized carbons (Fsp3) is 0.357. The Balaban J connectivity index is 2.07. The monoisotopic (exact) mass is 368 g/mol. The first-order valence-electron chi connectivity index (χ1n) is 7.30. The molecule has 0 amide bonds. The zero-order valence-electron chi connectivity index (χ0n) is 12.7. The summed E-state index contributed by atoms with van der Waals surface area (Å²) in [5.74, 6) is 0.169. The molecule has 0 radical (unpaired) electrons. The second-order valence-electron chi connectivity index (χ2n) is 4.93. The van der Waals surface area contributed by atoms with Crippen LogP contribution in [-0.4, -0.2) is 65.8 Å². The summed E-state index contributed by atoms with van der Waals surface area (Å²) in [7, 11) is -3.80. The van der Waals surface area contributed by atoms with Crippen molar-refractivity contribution in [3.63, 3.8) is 0 Å². The van der Waals surface area contributed by atoms with Crippen LogP contribution in [0.2, 0.25) is 0 Å². The van der Waals surface area contributed by atoms with Gasteiger partial charge in [-0.1, -0.05) is 30.0 Å². The fourth-order valence-corrected chi connectivity index (χ4v) is 4.45. The topological polar surface area (TPSA) is 94.4 Å². The van der Waals surface area contributed by atoms with Gasteiger partial charge in [0.05, 0.1) is 24.7 Å². The van der Waals surface area contributed by atoms with E-state index in [9.17, 15) is 13.2 Å². The van der Waals surface area contributed by atoms with E-state index in [4.69, 9.17) is 4.74 Å². The third kappa shape index (κ3) is 3.36. The summed E-state index contributed by atoms with van der Waals surface area (Å²) in [6.45, 7) is 1.26. The van der Waals surface area contributed by atoms with Crippen molar-refractivity contribution in [1.29, 1.82) is 0 Å². The van der Waals surface area contributed by atoms with Gasteiger partial charge in [-0.3, -0.25) is 4.57 Å². The van der Waals surface area contributed by atoms with Crippen molar-refractivity contribution in [2.24, 2.45) is 0 Å². The van der Waals surface area contributed by atoms with Crippen LogP contribution in [0.3, 0.4) is 0 Å². The van der Waals surface area contributed by atoms with E-state index in [0.717, 1.165) is 18.0 Å². The van der Waals surface area contributed by atoms with E-state index in [2.05, 4.69) is 10.2 Å². The molecule has 0 saturated carbocycles. The predicted molar refractivity (Wildman–Crippen MR) is 87.7 cm³/mol. The van der Waals surface area contributed by atoms with E-state index in [1.165, 1.54) is 8.87 Å². The molecular formula is C14H16N4O4S2. The van der Waals surface area contributed by atoms with E-state index in [-0.39, 0.29) is 24.0 Å². The van der Waals surface area contributed by atoms with E-state index in [1.807, 2.05) is 6.07 Å². The number of hydrogen-bond donors (Lipinski definition) is 0. The number of hydrogen-bond acceptors (Lipinski definition) is 7. The lowest BCUT2D eigenvalue weighted by atomic mass is 10.3. The number of para-hydroxylation sites is 1. The van der Waals surface area contributed by atoms with Gasteiger partial charge in [0.2, 0.25) is 0 Å². The number of carbonyl (C=O) groups is 1. The average molecular weight is 368 g/mol. The van der Waals surface area contributed by atoms with Gasteiger partial charge in [0.25, 0.3) is 15.2 Å². The Hall–Kier alpha value is -1.75. The predicted octanol–water partition coefficient (Wildman–Crippen LogP) is 0.579. The number of nitrogens with zero attached hydrogens (tertiary/aromatic N) is 4. The first-order chi connectivity index (χ1) is 11.6. The van der Waals surface area contributed by atoms with Gasteiger partial charge in [-0.2, -0.15) is 4.31 Å². The van der Waals surface area contributed by atoms with Gasteiger partial charge < -0.3 is 9.53 Å². The Kier molecular flexibility index (Phi) is 5.29. The average Bonchev–Trinajstić information content (AvgIpc) is 3.06. The smallest absolute Gasteiger partial charge is 0.279 e. The van der Waals surface area contributed by atoms with Gasteiger partial charge in [-0.25, -0.2) is 8.42 Å². The van der Waals surface area contributed by atoms with E-state index < -0.39 is 10.0 Å². The molecule has 0 atom stereocenters. The lowest BCUT2D eigenvalue weighted by Crippen LogP contribution is -2.41. The molecule has 1 aliphatic rings. The maximum atomic E-state index is 12.9. The third-order valence-corrected chi connectivity index (χ3v) is 6.04. The summed E-state index contributed by atoms with van der Waals surface area (Å²) in [5, 5.41) is 8.08. The summed E-state index contributed by atoms with van der Waals surface area (Å²) in [6, 6.07) is 8.98. The number of benzene rings is 1. The highest BCUT2D eigenvalue weighted by Crippen LogP contribution is 2.26. The highest BCUT2D eigenvalue weighted by Gasteiger charge is 2.33. The molecule has 8 nitrogen and oxygen atoms in total. The lowest BCUT2D eigenvalue weighted by Gasteiger charge is -2.25. The second kappa shape index (κ2) is 7.43. The largest absolute Gasteiger partial charge is 0.379 e. The molecule has 128 valence electrons. The molecule has 0 spiro atoms. The minimum atomic E-state index is -3.80. The summed E-state index contributed by atoms with van der Waals surface area (Å²) in [4.78, 5) is 10.7. The minimum absolute atomic E-state index is 0.149. The summed E-state index contributed by atoms with van der Waals surface area (Å²) < 4.78 is 33.9. The number of sulfonamides is 1. The molecule has 10 heteroatoms. The molecule has 24 heavy (non-hydrogen) atoms. The first kappa shape index (κ1) is 17.1. The van der Waals surface area contributed by atoms with E-state index in [1.54, 1.807) is 24.3 Å². The van der Waals surface area contributed by atoms with E-state index >= 15 is 0 Å². The standard InChI is InChI=1S/C14H16N4O4S2/c19-8-11-23-13-15-16-14(18(13)12-4-2-1-3-5-12)24(20,21)17-6-9-22-10-7-17/h1-5,8H,6-7,9-11H2. The third-order valence-electron chi connectivity index (χ3n) is 3.44. The van der Waals surface area contributed by atoms with Crippen molar-refractivity contribution in [2.45, 2.75) is 10.3 Å². The van der Waals surface area contributed by atoms with Crippen molar-refractivity contribution in [2.75, 3.05) is 32.1 Å². The van der Waals surface area contributed by atoms with Gasteiger partial charge in [0, 0.05) is 13.1 Å². The van der Waals surface area contributed by atoms with Crippen molar-refractivity contribution in [3.8, 4) is 5.69 Å². The van der Waals surface area contributed by atoms with Crippen LogP contribution in [0.15, 0.2) is 40.6 Å². The Morgan fingerprint density at radius 1 is 1.17 bits per heavy atom. The summed E-state index contributed by atoms with van der Waals surface area (Å²) in [5.41, 5.74) is 0.628. The van der Waals surface area contributed by atoms with E-state index in [0.29, 0.717) is 24.1 Å². The normalized spacial score (nSPS) is 16.2. The second-order valence-corrected chi connectivity index (χ2v) is 7.75. The number of aromatic nitrogens is 3. The van der Waals surface area contributed by atoms with Gasteiger partial charge in [0.1, 0.15) is 6.29 Å². The Morgan fingerprint density at radius 3 is 2.54 bits per heavy atom. The van der Waals surface area contributed by atoms with Crippen LogP contribution in [0.25, 0.3) is 5.69 Å². The maximum Gasteiger partial charge on any atom is 0.279 e. The molecule has 0 N–H and O–H groups in total. The molecule has 1 fully saturated rings. The summed E-state index contributed by atoms with van der Waals surface area (Å²) in [6.07, 6.45) is 0.741. The van der Waals surface area contributed by atoms with Gasteiger partial charge >= 0.3 is 0 Å². The number of ether oxygens (including phenoxy) is 1. The number of thioether (sulfide) groups is 1. The molecule has 0 bridgehead atoms. The molecule has 1 aromatic carbocycles. The highest BCUT2D eigenvalue weighted by atomic mass is 32.2. The van der Waals surface area contributed by atoms with Crippen molar-refractivity contribution < 1.29 is 17.9 Å². The van der Waals surface area contributed by atoms with Crippen molar-refractivity contribution in [3.05, 3.63) is 30.3 Å². The molecule has 1 saturated heterocycles. The summed E-state index contributed by atoms with van der Waals surface area (Å²) >= 11 is 1.14. The van der Waals surface area contributed by atoms with Gasteiger partial charge in [-0.15, -0.1) is 10.2 Å². The van der Waals surface area contributed by atoms with Crippen molar-refractivity contribution in [1.82, 2.24) is 19.1 Å². The highest BCUT2D eigenvalue weighted by molar-refractivity contribution is 7.99. The number of morpholine rings is 1. The Labute approximate surface area is 143 Å². The Bertz CT molecular complexity index is 801. The number of carbonyl (C=O) groups excluding carboxylic acids is 1. The van der Waals surface area contributed by atoms with Crippen LogP contribution in [-0.2, 0) is 19.6 Å². The molecule has 3 rings (SSSR count). The fourth-order valence-electron chi connectivity index (χ4n) is 2.33. The zero-order valence-corrected chi connectivity index (χ0v) is 14.4. The quantitative estimate of drug-likeness (QED) is 0.544. The lowest BCUT2D eigenvalue weighted by molar-refractivity contribution is -0.105. The molecule has 1 aliphatic heterocycles. The molecular weight excluding hydrogens is 352 g/mol. The zero-order chi connectivity index (χ0) is 17.0. The van der Waals surface area contributed by atoms with Gasteiger partial charge in [0.15, 0.2) is 5.16 Å². The van der Waals surface area contributed by atoms with Crippen LogP contribution >= 0.6 is 11.8 Å². The van der Waals surface area contributed by atoms with Crippen LogP contribution < -0.4 is 0 Å². The SMILES string of the molecule is O=CCSc1nnc(S(=O)(=O)N2CCOCC2)n1-c1ccccc1. The number of rotatable bonds is 6. The maximum absolute atomic E-state index is 12.9. The molecule has 2 aromatic rings. The van der Waals surface area contributed by atoms with Crippen LogP contribution in [0, 0.1) is 0 Å². The van der Waals surface area contributed by atoms with Crippen LogP contribution in [0.5, 0.6) is 0 Å². The Morgan fingerprint density at radius 2 is 1.88 bits per heavy atom. The molecule has 0 aliphatic carbocycles. The minimum Gasteiger partial charge on any atom is -0.379 e. The van der Waals surface area contributed by atoms with Crippen molar-refractivity contribution >= 4 is 28.1 Å². The molecule has 1 aromatic heterocycles.